The third kappa shape index (κ3) is 5.90. The number of methoxy groups -OCH3 is 1. The molecular weight excluding hydrogens is 324 g/mol. The Morgan fingerprint density at radius 1 is 1.30 bits per heavy atom. The number of nitrogens with one attached hydrogen (secondary N) is 1. The molecule has 0 aliphatic heterocycles. The highest BCUT2D eigenvalue weighted by molar-refractivity contribution is 9.10. The van der Waals surface area contributed by atoms with Gasteiger partial charge in [0.1, 0.15) is 0 Å². The zero-order valence-corrected chi connectivity index (χ0v) is 13.2. The van der Waals surface area contributed by atoms with Crippen molar-refractivity contribution in [2.75, 3.05) is 39.2 Å². The monoisotopic (exact) mass is 344 g/mol. The molecular formula is C14H21BrN2O3. The summed E-state index contributed by atoms with van der Waals surface area (Å²) in [5.74, 6) is -0.121. The first-order chi connectivity index (χ1) is 9.66. The SMILES string of the molecule is COCCOCCCCNC(=O)c1cccc(N)c1Br. The first-order valence-electron chi connectivity index (χ1n) is 6.55. The number of halogens is 1. The number of benzene rings is 1. The maximum absolute atomic E-state index is 11.9. The number of amides is 1. The third-order valence-corrected chi connectivity index (χ3v) is 3.59. The van der Waals surface area contributed by atoms with Crippen LogP contribution in [0.4, 0.5) is 5.69 Å². The fourth-order valence-corrected chi connectivity index (χ4v) is 2.04. The molecule has 1 amide bonds. The van der Waals surface area contributed by atoms with Crippen LogP contribution in [0.5, 0.6) is 0 Å². The van der Waals surface area contributed by atoms with Crippen molar-refractivity contribution in [3.05, 3.63) is 28.2 Å². The summed E-state index contributed by atoms with van der Waals surface area (Å²) in [5, 5.41) is 2.86. The number of anilines is 1. The lowest BCUT2D eigenvalue weighted by Crippen LogP contribution is -2.25. The van der Waals surface area contributed by atoms with E-state index in [1.54, 1.807) is 25.3 Å². The molecule has 0 fully saturated rings. The number of nitrogen functional groups attached to an aromatic ring is 1. The number of ether oxygens (including phenoxy) is 2. The molecule has 5 nitrogen and oxygen atoms in total. The standard InChI is InChI=1S/C14H21BrN2O3/c1-19-9-10-20-8-3-2-7-17-14(18)11-5-4-6-12(16)13(11)15/h4-6H,2-3,7-10,16H2,1H3,(H,17,18). The topological polar surface area (TPSA) is 73.6 Å². The number of carbonyl (C=O) groups excluding carboxylic acids is 1. The molecule has 0 heterocycles. The summed E-state index contributed by atoms with van der Waals surface area (Å²) in [6.45, 7) is 2.52. The lowest BCUT2D eigenvalue weighted by Gasteiger charge is -2.08. The van der Waals surface area contributed by atoms with Gasteiger partial charge in [0.25, 0.3) is 5.91 Å². The molecule has 0 saturated carbocycles. The number of hydrogen-bond donors (Lipinski definition) is 2. The number of unbranched alkanes of at least 4 members (excludes halogenated alkanes) is 1. The van der Waals surface area contributed by atoms with E-state index in [-0.39, 0.29) is 5.91 Å². The number of hydrogen-bond acceptors (Lipinski definition) is 4. The van der Waals surface area contributed by atoms with Crippen LogP contribution in [0.2, 0.25) is 0 Å². The van der Waals surface area contributed by atoms with E-state index in [4.69, 9.17) is 15.2 Å². The van der Waals surface area contributed by atoms with Crippen molar-refractivity contribution < 1.29 is 14.3 Å². The maximum Gasteiger partial charge on any atom is 0.252 e. The van der Waals surface area contributed by atoms with E-state index in [0.717, 1.165) is 12.8 Å². The summed E-state index contributed by atoms with van der Waals surface area (Å²) in [7, 11) is 1.65. The Hall–Kier alpha value is -1.11. The average Bonchev–Trinajstić information content (AvgIpc) is 2.44. The fraction of sp³-hybridized carbons (Fsp3) is 0.500. The lowest BCUT2D eigenvalue weighted by atomic mass is 10.2. The molecule has 3 N–H and O–H groups in total. The average molecular weight is 345 g/mol. The summed E-state index contributed by atoms with van der Waals surface area (Å²) >= 11 is 3.32. The van der Waals surface area contributed by atoms with Crippen molar-refractivity contribution >= 4 is 27.5 Å². The Morgan fingerprint density at radius 3 is 2.85 bits per heavy atom. The van der Waals surface area contributed by atoms with Crippen molar-refractivity contribution in [2.24, 2.45) is 0 Å². The minimum atomic E-state index is -0.121. The van der Waals surface area contributed by atoms with Gasteiger partial charge in [-0.05, 0) is 40.9 Å². The Balaban J connectivity index is 2.19. The van der Waals surface area contributed by atoms with Crippen LogP contribution in [0.1, 0.15) is 23.2 Å². The van der Waals surface area contributed by atoms with E-state index in [1.165, 1.54) is 0 Å². The molecule has 0 aromatic heterocycles. The predicted octanol–water partition coefficient (Wildman–Crippen LogP) is 2.20. The van der Waals surface area contributed by atoms with Crippen molar-refractivity contribution in [3.63, 3.8) is 0 Å². The van der Waals surface area contributed by atoms with Gasteiger partial charge >= 0.3 is 0 Å². The number of carbonyl (C=O) groups is 1. The van der Waals surface area contributed by atoms with E-state index in [9.17, 15) is 4.79 Å². The van der Waals surface area contributed by atoms with Crippen LogP contribution in [0.15, 0.2) is 22.7 Å². The van der Waals surface area contributed by atoms with Gasteiger partial charge in [-0.2, -0.15) is 0 Å². The Labute approximate surface area is 127 Å². The molecule has 112 valence electrons. The highest BCUT2D eigenvalue weighted by atomic mass is 79.9. The quantitative estimate of drug-likeness (QED) is 0.532. The van der Waals surface area contributed by atoms with Crippen molar-refractivity contribution in [2.45, 2.75) is 12.8 Å². The summed E-state index contributed by atoms with van der Waals surface area (Å²) in [6, 6.07) is 5.25. The summed E-state index contributed by atoms with van der Waals surface area (Å²) in [5.41, 5.74) is 6.86. The van der Waals surface area contributed by atoms with Crippen LogP contribution < -0.4 is 11.1 Å². The molecule has 0 atom stereocenters. The van der Waals surface area contributed by atoms with Gasteiger partial charge in [-0.1, -0.05) is 6.07 Å². The minimum Gasteiger partial charge on any atom is -0.398 e. The lowest BCUT2D eigenvalue weighted by molar-refractivity contribution is 0.0686. The van der Waals surface area contributed by atoms with E-state index >= 15 is 0 Å². The summed E-state index contributed by atoms with van der Waals surface area (Å²) < 4.78 is 10.9. The zero-order chi connectivity index (χ0) is 14.8. The second kappa shape index (κ2) is 9.74. The van der Waals surface area contributed by atoms with Gasteiger partial charge in [0.2, 0.25) is 0 Å². The molecule has 0 spiro atoms. The molecule has 0 radical (unpaired) electrons. The molecule has 0 saturated heterocycles. The van der Waals surface area contributed by atoms with Crippen LogP contribution in [0.3, 0.4) is 0 Å². The highest BCUT2D eigenvalue weighted by Crippen LogP contribution is 2.23. The first-order valence-corrected chi connectivity index (χ1v) is 7.35. The van der Waals surface area contributed by atoms with Crippen molar-refractivity contribution in [1.29, 1.82) is 0 Å². The van der Waals surface area contributed by atoms with E-state index < -0.39 is 0 Å². The predicted molar refractivity (Wildman–Crippen MR) is 82.8 cm³/mol. The molecule has 6 heteroatoms. The summed E-state index contributed by atoms with van der Waals surface area (Å²) in [4.78, 5) is 11.9. The third-order valence-electron chi connectivity index (χ3n) is 2.71. The van der Waals surface area contributed by atoms with Crippen LogP contribution in [0.25, 0.3) is 0 Å². The van der Waals surface area contributed by atoms with Crippen molar-refractivity contribution in [1.82, 2.24) is 5.32 Å². The molecule has 1 rings (SSSR count). The second-order valence-electron chi connectivity index (χ2n) is 4.28. The Morgan fingerprint density at radius 2 is 2.10 bits per heavy atom. The Bertz CT molecular complexity index is 427. The van der Waals surface area contributed by atoms with Crippen molar-refractivity contribution in [3.8, 4) is 0 Å². The minimum absolute atomic E-state index is 0.121. The van der Waals surface area contributed by atoms with Crippen LogP contribution in [-0.2, 0) is 9.47 Å². The number of rotatable bonds is 9. The van der Waals surface area contributed by atoms with Crippen LogP contribution in [0, 0.1) is 0 Å². The zero-order valence-electron chi connectivity index (χ0n) is 11.7. The van der Waals surface area contributed by atoms with Gasteiger partial charge in [0, 0.05) is 25.9 Å². The van der Waals surface area contributed by atoms with Gasteiger partial charge < -0.3 is 20.5 Å². The molecule has 0 aliphatic carbocycles. The van der Waals surface area contributed by atoms with Gasteiger partial charge in [0.15, 0.2) is 0 Å². The molecule has 1 aromatic rings. The normalized spacial score (nSPS) is 10.5. The second-order valence-corrected chi connectivity index (χ2v) is 5.07. The number of nitrogens with two attached hydrogens (primary N) is 1. The van der Waals surface area contributed by atoms with Gasteiger partial charge in [-0.3, -0.25) is 4.79 Å². The summed E-state index contributed by atoms with van der Waals surface area (Å²) in [6.07, 6.45) is 1.78. The largest absolute Gasteiger partial charge is 0.398 e. The molecule has 20 heavy (non-hydrogen) atoms. The molecule has 0 unspecified atom stereocenters. The van der Waals surface area contributed by atoms with Gasteiger partial charge in [-0.15, -0.1) is 0 Å². The molecule has 0 bridgehead atoms. The van der Waals surface area contributed by atoms with Crippen LogP contribution in [-0.4, -0.2) is 39.4 Å². The molecule has 0 aliphatic rings. The fourth-order valence-electron chi connectivity index (χ4n) is 1.60. The first kappa shape index (κ1) is 16.9. The van der Waals surface area contributed by atoms with Crippen LogP contribution >= 0.6 is 15.9 Å². The molecule has 1 aromatic carbocycles. The highest BCUT2D eigenvalue weighted by Gasteiger charge is 2.10. The smallest absolute Gasteiger partial charge is 0.252 e. The van der Waals surface area contributed by atoms with Gasteiger partial charge in [0.05, 0.1) is 23.2 Å². The van der Waals surface area contributed by atoms with E-state index in [1.807, 2.05) is 0 Å². The van der Waals surface area contributed by atoms with E-state index in [0.29, 0.717) is 42.1 Å². The Kier molecular flexibility index (Phi) is 8.25. The van der Waals surface area contributed by atoms with E-state index in [2.05, 4.69) is 21.2 Å². The maximum atomic E-state index is 11.9. The van der Waals surface area contributed by atoms with Gasteiger partial charge in [-0.25, -0.2) is 0 Å².